The Morgan fingerprint density at radius 1 is 1.42 bits per heavy atom. The average Bonchev–Trinajstić information content (AvgIpc) is 2.37. The second-order valence-electron chi connectivity index (χ2n) is 4.12. The van der Waals surface area contributed by atoms with Crippen LogP contribution in [0.3, 0.4) is 0 Å². The van der Waals surface area contributed by atoms with Crippen molar-refractivity contribution in [3.05, 3.63) is 58.4 Å². The second kappa shape index (κ2) is 5.71. The highest BCUT2D eigenvalue weighted by atomic mass is 35.5. The van der Waals surface area contributed by atoms with Gasteiger partial charge in [-0.15, -0.1) is 0 Å². The summed E-state index contributed by atoms with van der Waals surface area (Å²) in [7, 11) is 0. The predicted molar refractivity (Wildman–Crippen MR) is 74.7 cm³/mol. The molecule has 0 unspecified atom stereocenters. The average molecular weight is 277 g/mol. The Kier molecular flexibility index (Phi) is 4.02. The van der Waals surface area contributed by atoms with Crippen LogP contribution in [0.25, 0.3) is 0 Å². The number of halogens is 1. The van der Waals surface area contributed by atoms with Crippen LogP contribution in [0.5, 0.6) is 0 Å². The molecule has 0 radical (unpaired) electrons. The molecular formula is C14H13ClN2O2. The molecule has 1 aromatic carbocycles. The molecule has 2 N–H and O–H groups in total. The highest BCUT2D eigenvalue weighted by molar-refractivity contribution is 6.34. The first-order valence-electron chi connectivity index (χ1n) is 5.74. The fourth-order valence-corrected chi connectivity index (χ4v) is 2.02. The van der Waals surface area contributed by atoms with Crippen LogP contribution in [0.4, 0.5) is 5.69 Å². The number of nitrogens with one attached hydrogen (secondary N) is 1. The van der Waals surface area contributed by atoms with Crippen LogP contribution in [-0.4, -0.2) is 16.1 Å². The number of pyridine rings is 1. The first-order valence-corrected chi connectivity index (χ1v) is 6.12. The number of carboxylic acids is 1. The van der Waals surface area contributed by atoms with Gasteiger partial charge in [0.2, 0.25) is 0 Å². The Hall–Kier alpha value is -2.07. The molecule has 19 heavy (non-hydrogen) atoms. The first-order chi connectivity index (χ1) is 9.09. The molecular weight excluding hydrogens is 264 g/mol. The summed E-state index contributed by atoms with van der Waals surface area (Å²) in [6.45, 7) is 2.48. The van der Waals surface area contributed by atoms with Gasteiger partial charge in [-0.1, -0.05) is 17.7 Å². The molecule has 5 heteroatoms. The van der Waals surface area contributed by atoms with Crippen molar-refractivity contribution in [3.8, 4) is 0 Å². The lowest BCUT2D eigenvalue weighted by molar-refractivity contribution is 0.0698. The van der Waals surface area contributed by atoms with Gasteiger partial charge >= 0.3 is 5.97 Å². The van der Waals surface area contributed by atoms with E-state index in [4.69, 9.17) is 16.7 Å². The monoisotopic (exact) mass is 276 g/mol. The minimum Gasteiger partial charge on any atom is -0.478 e. The molecule has 1 aromatic heterocycles. The minimum atomic E-state index is -1.05. The van der Waals surface area contributed by atoms with Crippen molar-refractivity contribution in [2.24, 2.45) is 0 Å². The van der Waals surface area contributed by atoms with Gasteiger partial charge in [0.1, 0.15) is 5.56 Å². The van der Waals surface area contributed by atoms with Gasteiger partial charge in [-0.3, -0.25) is 4.98 Å². The smallest absolute Gasteiger partial charge is 0.339 e. The molecule has 2 aromatic rings. The van der Waals surface area contributed by atoms with E-state index in [1.165, 1.54) is 0 Å². The number of hydrogen-bond acceptors (Lipinski definition) is 3. The maximum atomic E-state index is 11.2. The van der Waals surface area contributed by atoms with Crippen molar-refractivity contribution in [2.45, 2.75) is 13.5 Å². The third-order valence-electron chi connectivity index (χ3n) is 2.84. The SMILES string of the molecule is Cc1ccncc1CNc1cccc(Cl)c1C(=O)O. The van der Waals surface area contributed by atoms with Crippen LogP contribution in [0.2, 0.25) is 5.02 Å². The number of anilines is 1. The summed E-state index contributed by atoms with van der Waals surface area (Å²) >= 11 is 5.90. The van der Waals surface area contributed by atoms with Crippen molar-refractivity contribution in [1.82, 2.24) is 4.98 Å². The van der Waals surface area contributed by atoms with E-state index < -0.39 is 5.97 Å². The molecule has 0 fully saturated rings. The lowest BCUT2D eigenvalue weighted by Gasteiger charge is -2.11. The summed E-state index contributed by atoms with van der Waals surface area (Å²) in [6, 6.07) is 6.88. The highest BCUT2D eigenvalue weighted by Crippen LogP contribution is 2.25. The maximum Gasteiger partial charge on any atom is 0.339 e. The largest absolute Gasteiger partial charge is 0.478 e. The number of nitrogens with zero attached hydrogens (tertiary/aromatic N) is 1. The van der Waals surface area contributed by atoms with Gasteiger partial charge in [0.15, 0.2) is 0 Å². The highest BCUT2D eigenvalue weighted by Gasteiger charge is 2.14. The molecule has 4 nitrogen and oxygen atoms in total. The quantitative estimate of drug-likeness (QED) is 0.899. The van der Waals surface area contributed by atoms with Gasteiger partial charge in [-0.25, -0.2) is 4.79 Å². The Morgan fingerprint density at radius 3 is 2.89 bits per heavy atom. The third-order valence-corrected chi connectivity index (χ3v) is 3.16. The zero-order valence-electron chi connectivity index (χ0n) is 10.4. The second-order valence-corrected chi connectivity index (χ2v) is 4.53. The van der Waals surface area contributed by atoms with Gasteiger partial charge in [0.05, 0.1) is 10.7 Å². The Labute approximate surface area is 116 Å². The van der Waals surface area contributed by atoms with Crippen LogP contribution in [-0.2, 0) is 6.54 Å². The van der Waals surface area contributed by atoms with E-state index in [0.29, 0.717) is 12.2 Å². The first kappa shape index (κ1) is 13.4. The molecule has 0 saturated carbocycles. The molecule has 0 bridgehead atoms. The lowest BCUT2D eigenvalue weighted by Crippen LogP contribution is -2.08. The number of carboxylic acid groups (broad SMARTS) is 1. The van der Waals surface area contributed by atoms with Gasteiger partial charge in [-0.05, 0) is 36.2 Å². The van der Waals surface area contributed by atoms with Gasteiger partial charge in [0.25, 0.3) is 0 Å². The maximum absolute atomic E-state index is 11.2. The lowest BCUT2D eigenvalue weighted by atomic mass is 10.1. The van der Waals surface area contributed by atoms with Gasteiger partial charge in [0, 0.05) is 18.9 Å². The molecule has 98 valence electrons. The summed E-state index contributed by atoms with van der Waals surface area (Å²) in [5.41, 5.74) is 2.70. The topological polar surface area (TPSA) is 62.2 Å². The molecule has 0 amide bonds. The van der Waals surface area contributed by atoms with Crippen LogP contribution >= 0.6 is 11.6 Å². The standard InChI is InChI=1S/C14H13ClN2O2/c1-9-5-6-16-7-10(9)8-17-12-4-2-3-11(15)13(12)14(18)19/h2-7,17H,8H2,1H3,(H,18,19). The summed E-state index contributed by atoms with van der Waals surface area (Å²) in [4.78, 5) is 15.2. The number of benzene rings is 1. The Balaban J connectivity index is 2.23. The van der Waals surface area contributed by atoms with Crippen molar-refractivity contribution < 1.29 is 9.90 Å². The summed E-state index contributed by atoms with van der Waals surface area (Å²) in [5.74, 6) is -1.05. The van der Waals surface area contributed by atoms with E-state index in [2.05, 4.69) is 10.3 Å². The number of rotatable bonds is 4. The molecule has 0 atom stereocenters. The molecule has 0 aliphatic heterocycles. The molecule has 1 heterocycles. The van der Waals surface area contributed by atoms with E-state index >= 15 is 0 Å². The molecule has 0 aliphatic carbocycles. The van der Waals surface area contributed by atoms with E-state index in [0.717, 1.165) is 11.1 Å². The van der Waals surface area contributed by atoms with Crippen molar-refractivity contribution >= 4 is 23.3 Å². The van der Waals surface area contributed by atoms with Crippen LogP contribution in [0.15, 0.2) is 36.7 Å². The summed E-state index contributed by atoms with van der Waals surface area (Å²) < 4.78 is 0. The summed E-state index contributed by atoms with van der Waals surface area (Å²) in [6.07, 6.45) is 3.48. The Bertz CT molecular complexity index is 614. The number of carbonyl (C=O) groups is 1. The van der Waals surface area contributed by atoms with Crippen molar-refractivity contribution in [2.75, 3.05) is 5.32 Å². The zero-order valence-corrected chi connectivity index (χ0v) is 11.1. The van der Waals surface area contributed by atoms with Gasteiger partial charge in [-0.2, -0.15) is 0 Å². The fourth-order valence-electron chi connectivity index (χ4n) is 1.76. The normalized spacial score (nSPS) is 10.2. The van der Waals surface area contributed by atoms with Gasteiger partial charge < -0.3 is 10.4 Å². The fraction of sp³-hybridized carbons (Fsp3) is 0.143. The number of aromatic carboxylic acids is 1. The molecule has 2 rings (SSSR count). The van der Waals surface area contributed by atoms with E-state index in [-0.39, 0.29) is 10.6 Å². The van der Waals surface area contributed by atoms with E-state index in [1.54, 1.807) is 30.6 Å². The molecule has 0 aliphatic rings. The minimum absolute atomic E-state index is 0.0886. The van der Waals surface area contributed by atoms with E-state index in [9.17, 15) is 4.79 Å². The number of hydrogen-bond donors (Lipinski definition) is 2. The number of aromatic nitrogens is 1. The molecule has 0 spiro atoms. The third kappa shape index (κ3) is 3.03. The van der Waals surface area contributed by atoms with Crippen LogP contribution < -0.4 is 5.32 Å². The number of aryl methyl sites for hydroxylation is 1. The van der Waals surface area contributed by atoms with Crippen molar-refractivity contribution in [1.29, 1.82) is 0 Å². The van der Waals surface area contributed by atoms with Crippen LogP contribution in [0.1, 0.15) is 21.5 Å². The van der Waals surface area contributed by atoms with E-state index in [1.807, 2.05) is 13.0 Å². The Morgan fingerprint density at radius 2 is 2.21 bits per heavy atom. The molecule has 0 saturated heterocycles. The van der Waals surface area contributed by atoms with Crippen LogP contribution in [0, 0.1) is 6.92 Å². The summed E-state index contributed by atoms with van der Waals surface area (Å²) in [5, 5.41) is 12.5. The zero-order chi connectivity index (χ0) is 13.8. The van der Waals surface area contributed by atoms with Crippen molar-refractivity contribution in [3.63, 3.8) is 0 Å². The predicted octanol–water partition coefficient (Wildman–Crippen LogP) is 3.35.